The molecule has 1 aromatic carbocycles. The number of carbonyl (C=O) groups is 2. The third-order valence-electron chi connectivity index (χ3n) is 3.00. The molecule has 0 atom stereocenters. The highest BCUT2D eigenvalue weighted by molar-refractivity contribution is 7.98. The van der Waals surface area contributed by atoms with Crippen molar-refractivity contribution in [2.45, 2.75) is 4.90 Å². The van der Waals surface area contributed by atoms with Gasteiger partial charge in [0.1, 0.15) is 22.4 Å². The van der Waals surface area contributed by atoms with Gasteiger partial charge in [-0.25, -0.2) is 4.79 Å². The third-order valence-corrected chi connectivity index (χ3v) is 4.56. The van der Waals surface area contributed by atoms with Gasteiger partial charge in [-0.15, -0.1) is 23.1 Å². The Morgan fingerprint density at radius 1 is 1.38 bits per heavy atom. The fourth-order valence-corrected chi connectivity index (χ4v) is 3.02. The summed E-state index contributed by atoms with van der Waals surface area (Å²) < 4.78 is 10.2. The van der Waals surface area contributed by atoms with Gasteiger partial charge in [-0.1, -0.05) is 0 Å². The van der Waals surface area contributed by atoms with Gasteiger partial charge in [-0.2, -0.15) is 5.26 Å². The van der Waals surface area contributed by atoms with E-state index in [4.69, 9.17) is 14.7 Å². The Balaban J connectivity index is 1.98. The number of esters is 1. The smallest absolute Gasteiger partial charge is 0.342 e. The maximum Gasteiger partial charge on any atom is 0.342 e. The summed E-state index contributed by atoms with van der Waals surface area (Å²) in [5.41, 5.74) is 0.617. The molecular weight excluding hydrogens is 348 g/mol. The van der Waals surface area contributed by atoms with E-state index < -0.39 is 18.5 Å². The van der Waals surface area contributed by atoms with Crippen LogP contribution in [0.15, 0.2) is 34.5 Å². The molecule has 0 fully saturated rings. The minimum Gasteiger partial charge on any atom is -0.496 e. The third kappa shape index (κ3) is 4.28. The highest BCUT2D eigenvalue weighted by Gasteiger charge is 2.16. The highest BCUT2D eigenvalue weighted by atomic mass is 32.2. The number of carbonyl (C=O) groups excluding carboxylic acids is 2. The van der Waals surface area contributed by atoms with E-state index in [0.29, 0.717) is 16.3 Å². The number of hydrogen-bond acceptors (Lipinski definition) is 7. The standard InChI is InChI=1S/C16H14N2O4S2/c1-21-13-7-11(23-2)3-4-12(13)16(20)22-9-14(19)18-15-10(8-17)5-6-24-15/h3-7H,9H2,1-2H3,(H,18,19). The van der Waals surface area contributed by atoms with E-state index in [0.717, 1.165) is 4.90 Å². The minimum absolute atomic E-state index is 0.247. The van der Waals surface area contributed by atoms with Crippen LogP contribution in [-0.2, 0) is 9.53 Å². The Morgan fingerprint density at radius 3 is 2.83 bits per heavy atom. The van der Waals surface area contributed by atoms with Crippen molar-refractivity contribution in [1.82, 2.24) is 0 Å². The Labute approximate surface area is 147 Å². The number of anilines is 1. The van der Waals surface area contributed by atoms with Gasteiger partial charge < -0.3 is 14.8 Å². The topological polar surface area (TPSA) is 88.4 Å². The fourth-order valence-electron chi connectivity index (χ4n) is 1.83. The quantitative estimate of drug-likeness (QED) is 0.627. The minimum atomic E-state index is -0.652. The second-order valence-electron chi connectivity index (χ2n) is 4.47. The normalized spacial score (nSPS) is 9.88. The van der Waals surface area contributed by atoms with Crippen LogP contribution < -0.4 is 10.1 Å². The number of amides is 1. The van der Waals surface area contributed by atoms with Crippen LogP contribution in [0.2, 0.25) is 0 Å². The van der Waals surface area contributed by atoms with E-state index in [1.165, 1.54) is 30.2 Å². The first-order valence-corrected chi connectivity index (χ1v) is 8.86. The Kier molecular flexibility index (Phi) is 6.23. The van der Waals surface area contributed by atoms with Crippen LogP contribution in [0.25, 0.3) is 0 Å². The van der Waals surface area contributed by atoms with Crippen LogP contribution in [0.4, 0.5) is 5.00 Å². The number of thioether (sulfide) groups is 1. The molecule has 6 nitrogen and oxygen atoms in total. The number of methoxy groups -OCH3 is 1. The molecule has 8 heteroatoms. The lowest BCUT2D eigenvalue weighted by atomic mass is 10.2. The molecule has 0 saturated carbocycles. The van der Waals surface area contributed by atoms with Crippen molar-refractivity contribution in [3.05, 3.63) is 40.8 Å². The molecule has 0 unspecified atom stereocenters. The molecule has 1 aromatic heterocycles. The molecule has 2 aromatic rings. The van der Waals surface area contributed by atoms with E-state index in [2.05, 4.69) is 5.32 Å². The van der Waals surface area contributed by atoms with Gasteiger partial charge in [-0.3, -0.25) is 4.79 Å². The first-order valence-electron chi connectivity index (χ1n) is 6.75. The van der Waals surface area contributed by atoms with Crippen LogP contribution in [0.3, 0.4) is 0 Å². The van der Waals surface area contributed by atoms with Crippen LogP contribution in [0.5, 0.6) is 5.75 Å². The molecule has 0 bridgehead atoms. The zero-order valence-corrected chi connectivity index (χ0v) is 14.6. The number of thiophene rings is 1. The van der Waals surface area contributed by atoms with Gasteiger partial charge in [0, 0.05) is 4.90 Å². The first kappa shape index (κ1) is 17.8. The second-order valence-corrected chi connectivity index (χ2v) is 6.26. The number of benzene rings is 1. The van der Waals surface area contributed by atoms with Crippen molar-refractivity contribution >= 4 is 40.0 Å². The molecule has 0 aliphatic carbocycles. The summed E-state index contributed by atoms with van der Waals surface area (Å²) in [7, 11) is 1.46. The summed E-state index contributed by atoms with van der Waals surface area (Å²) in [4.78, 5) is 24.9. The predicted molar refractivity (Wildman–Crippen MR) is 92.7 cm³/mol. The van der Waals surface area contributed by atoms with Gasteiger partial charge in [0.15, 0.2) is 6.61 Å². The summed E-state index contributed by atoms with van der Waals surface area (Å²) >= 11 is 2.75. The molecular formula is C16H14N2O4S2. The lowest BCUT2D eigenvalue weighted by Crippen LogP contribution is -2.21. The zero-order valence-electron chi connectivity index (χ0n) is 13.0. The molecule has 0 aliphatic heterocycles. The zero-order chi connectivity index (χ0) is 17.5. The van der Waals surface area contributed by atoms with E-state index in [9.17, 15) is 9.59 Å². The second kappa shape index (κ2) is 8.38. The molecule has 1 amide bonds. The number of ether oxygens (including phenoxy) is 2. The molecule has 1 heterocycles. The van der Waals surface area contributed by atoms with E-state index in [1.54, 1.807) is 29.6 Å². The lowest BCUT2D eigenvalue weighted by Gasteiger charge is -2.10. The maximum atomic E-state index is 12.1. The SMILES string of the molecule is COc1cc(SC)ccc1C(=O)OCC(=O)Nc1sccc1C#N. The van der Waals surface area contributed by atoms with Crippen LogP contribution in [0.1, 0.15) is 15.9 Å². The monoisotopic (exact) mass is 362 g/mol. The summed E-state index contributed by atoms with van der Waals surface area (Å²) in [5, 5.41) is 13.6. The Hall–Kier alpha value is -2.50. The molecule has 1 N–H and O–H groups in total. The largest absolute Gasteiger partial charge is 0.496 e. The number of rotatable bonds is 6. The summed E-state index contributed by atoms with van der Waals surface area (Å²) in [5.74, 6) is -0.777. The van der Waals surface area contributed by atoms with Gasteiger partial charge in [0.05, 0.1) is 12.7 Å². The molecule has 0 saturated heterocycles. The predicted octanol–water partition coefficient (Wildman–Crippen LogP) is 3.15. The van der Waals surface area contributed by atoms with Gasteiger partial charge >= 0.3 is 5.97 Å². The maximum absolute atomic E-state index is 12.1. The molecule has 2 rings (SSSR count). The van der Waals surface area contributed by atoms with E-state index >= 15 is 0 Å². The van der Waals surface area contributed by atoms with E-state index in [-0.39, 0.29) is 5.56 Å². The van der Waals surface area contributed by atoms with Crippen molar-refractivity contribution in [1.29, 1.82) is 5.26 Å². The van der Waals surface area contributed by atoms with Crippen molar-refractivity contribution in [3.8, 4) is 11.8 Å². The van der Waals surface area contributed by atoms with Gasteiger partial charge in [0.25, 0.3) is 5.91 Å². The number of hydrogen-bond donors (Lipinski definition) is 1. The van der Waals surface area contributed by atoms with Gasteiger partial charge in [-0.05, 0) is 35.9 Å². The van der Waals surface area contributed by atoms with Crippen LogP contribution >= 0.6 is 23.1 Å². The molecule has 0 aliphatic rings. The van der Waals surface area contributed by atoms with Crippen molar-refractivity contribution in [2.24, 2.45) is 0 Å². The molecule has 0 radical (unpaired) electrons. The number of nitrogens with zero attached hydrogens (tertiary/aromatic N) is 1. The molecule has 0 spiro atoms. The van der Waals surface area contributed by atoms with Crippen molar-refractivity contribution in [2.75, 3.05) is 25.3 Å². The average Bonchev–Trinajstić information content (AvgIpc) is 3.06. The average molecular weight is 362 g/mol. The van der Waals surface area contributed by atoms with Crippen molar-refractivity contribution < 1.29 is 19.1 Å². The number of nitrogens with one attached hydrogen (secondary N) is 1. The Bertz CT molecular complexity index is 796. The van der Waals surface area contributed by atoms with Crippen molar-refractivity contribution in [3.63, 3.8) is 0 Å². The highest BCUT2D eigenvalue weighted by Crippen LogP contribution is 2.26. The van der Waals surface area contributed by atoms with Crippen LogP contribution in [0, 0.1) is 11.3 Å². The molecule has 124 valence electrons. The van der Waals surface area contributed by atoms with E-state index in [1.807, 2.05) is 12.3 Å². The van der Waals surface area contributed by atoms with Crippen LogP contribution in [-0.4, -0.2) is 31.8 Å². The Morgan fingerprint density at radius 2 is 2.17 bits per heavy atom. The summed E-state index contributed by atoms with van der Waals surface area (Å²) in [6, 6.07) is 8.66. The number of nitriles is 1. The summed E-state index contributed by atoms with van der Waals surface area (Å²) in [6.45, 7) is -0.449. The first-order chi connectivity index (χ1) is 11.6. The summed E-state index contributed by atoms with van der Waals surface area (Å²) in [6.07, 6.45) is 1.91. The molecule has 24 heavy (non-hydrogen) atoms. The lowest BCUT2D eigenvalue weighted by molar-refractivity contribution is -0.119. The fraction of sp³-hybridized carbons (Fsp3) is 0.188. The van der Waals surface area contributed by atoms with Gasteiger partial charge in [0.2, 0.25) is 0 Å².